The first-order chi connectivity index (χ1) is 12.8. The van der Waals surface area contributed by atoms with Gasteiger partial charge in [0.05, 0.1) is 11.7 Å². The van der Waals surface area contributed by atoms with E-state index in [0.717, 1.165) is 39.3 Å². The van der Waals surface area contributed by atoms with Crippen LogP contribution in [0, 0.1) is 0 Å². The van der Waals surface area contributed by atoms with Crippen LogP contribution in [0.15, 0.2) is 61.2 Å². The van der Waals surface area contributed by atoms with Crippen LogP contribution >= 0.6 is 11.7 Å². The molecule has 0 spiro atoms. The Bertz CT molecular complexity index is 1260. The summed E-state index contributed by atoms with van der Waals surface area (Å²) in [6, 6.07) is 11.2. The van der Waals surface area contributed by atoms with Crippen molar-refractivity contribution in [1.82, 2.24) is 23.7 Å². The van der Waals surface area contributed by atoms with E-state index in [1.165, 1.54) is 0 Å². The van der Waals surface area contributed by atoms with Gasteiger partial charge < -0.3 is 4.98 Å². The van der Waals surface area contributed by atoms with Crippen molar-refractivity contribution >= 4 is 39.6 Å². The molecule has 7 heteroatoms. The fourth-order valence-corrected chi connectivity index (χ4v) is 3.48. The molecule has 4 aromatic heterocycles. The summed E-state index contributed by atoms with van der Waals surface area (Å²) in [5.41, 5.74) is 5.24. The third kappa shape index (κ3) is 2.37. The maximum atomic E-state index is 13.0. The Hall–Kier alpha value is -3.45. The number of H-pyrrole nitrogens is 1. The summed E-state index contributed by atoms with van der Waals surface area (Å²) in [4.78, 5) is 24.7. The van der Waals surface area contributed by atoms with Crippen LogP contribution in [-0.2, 0) is 0 Å². The average molecular weight is 357 g/mol. The van der Waals surface area contributed by atoms with E-state index in [4.69, 9.17) is 0 Å². The van der Waals surface area contributed by atoms with E-state index in [1.54, 1.807) is 36.9 Å². The lowest BCUT2D eigenvalue weighted by atomic mass is 10.0. The van der Waals surface area contributed by atoms with Gasteiger partial charge in [0.2, 0.25) is 0 Å². The number of hydrogen-bond acceptors (Lipinski definition) is 6. The molecule has 1 N–H and O–H groups in total. The number of pyridine rings is 2. The molecular formula is C19H11N5OS. The van der Waals surface area contributed by atoms with Crippen LogP contribution in [0.4, 0.5) is 0 Å². The number of benzene rings is 1. The van der Waals surface area contributed by atoms with Gasteiger partial charge in [-0.1, -0.05) is 6.07 Å². The Balaban J connectivity index is 1.62. The predicted octanol–water partition coefficient (Wildman–Crippen LogP) is 3.86. The zero-order valence-corrected chi connectivity index (χ0v) is 14.2. The van der Waals surface area contributed by atoms with Gasteiger partial charge in [-0.15, -0.1) is 0 Å². The SMILES string of the molecule is O=C(c1ccc2nsnc2c1)c1c[nH]c2ncc(-c3cccnc3)cc12. The number of fused-ring (bicyclic) bond motifs is 2. The Morgan fingerprint density at radius 1 is 1.00 bits per heavy atom. The number of hydrogen-bond donors (Lipinski definition) is 1. The molecule has 0 amide bonds. The molecule has 0 unspecified atom stereocenters. The molecule has 0 saturated heterocycles. The summed E-state index contributed by atoms with van der Waals surface area (Å²) in [6.45, 7) is 0. The number of carbonyl (C=O) groups is 1. The second-order valence-corrected chi connectivity index (χ2v) is 6.39. The van der Waals surface area contributed by atoms with Gasteiger partial charge in [-0.2, -0.15) is 8.75 Å². The minimum Gasteiger partial charge on any atom is -0.345 e. The topological polar surface area (TPSA) is 84.4 Å². The number of ketones is 1. The van der Waals surface area contributed by atoms with Crippen molar-refractivity contribution in [3.8, 4) is 11.1 Å². The molecule has 0 saturated carbocycles. The fraction of sp³-hybridized carbons (Fsp3) is 0. The molecule has 1 aromatic carbocycles. The van der Waals surface area contributed by atoms with Gasteiger partial charge in [-0.3, -0.25) is 9.78 Å². The Morgan fingerprint density at radius 2 is 1.92 bits per heavy atom. The van der Waals surface area contributed by atoms with Crippen molar-refractivity contribution in [3.63, 3.8) is 0 Å². The van der Waals surface area contributed by atoms with Crippen LogP contribution in [0.25, 0.3) is 33.2 Å². The predicted molar refractivity (Wildman–Crippen MR) is 100 cm³/mol. The average Bonchev–Trinajstić information content (AvgIpc) is 3.33. The van der Waals surface area contributed by atoms with Crippen molar-refractivity contribution in [2.24, 2.45) is 0 Å². The first kappa shape index (κ1) is 14.9. The Kier molecular flexibility index (Phi) is 3.32. The normalized spacial score (nSPS) is 11.2. The number of nitrogens with zero attached hydrogens (tertiary/aromatic N) is 4. The molecule has 26 heavy (non-hydrogen) atoms. The summed E-state index contributed by atoms with van der Waals surface area (Å²) < 4.78 is 8.38. The van der Waals surface area contributed by atoms with E-state index in [1.807, 2.05) is 24.3 Å². The highest BCUT2D eigenvalue weighted by Crippen LogP contribution is 2.26. The monoisotopic (exact) mass is 357 g/mol. The second kappa shape index (κ2) is 5.82. The smallest absolute Gasteiger partial charge is 0.195 e. The van der Waals surface area contributed by atoms with Crippen LogP contribution in [0.1, 0.15) is 15.9 Å². The molecule has 0 aliphatic heterocycles. The van der Waals surface area contributed by atoms with Gasteiger partial charge in [0.1, 0.15) is 16.7 Å². The lowest BCUT2D eigenvalue weighted by Crippen LogP contribution is -2.00. The highest BCUT2D eigenvalue weighted by Gasteiger charge is 2.16. The molecule has 6 nitrogen and oxygen atoms in total. The van der Waals surface area contributed by atoms with E-state index in [9.17, 15) is 4.79 Å². The minimum atomic E-state index is -0.0729. The van der Waals surface area contributed by atoms with Crippen LogP contribution in [0.2, 0.25) is 0 Å². The van der Waals surface area contributed by atoms with Gasteiger partial charge in [0.25, 0.3) is 0 Å². The van der Waals surface area contributed by atoms with Crippen LogP contribution in [-0.4, -0.2) is 29.5 Å². The zero-order chi connectivity index (χ0) is 17.5. The lowest BCUT2D eigenvalue weighted by molar-refractivity contribution is 0.104. The molecule has 0 fully saturated rings. The van der Waals surface area contributed by atoms with E-state index in [2.05, 4.69) is 23.7 Å². The largest absolute Gasteiger partial charge is 0.345 e. The summed E-state index contributed by atoms with van der Waals surface area (Å²) in [7, 11) is 0. The first-order valence-corrected chi connectivity index (χ1v) is 8.67. The Labute approximate surface area is 151 Å². The third-order valence-corrected chi connectivity index (χ3v) is 4.84. The van der Waals surface area contributed by atoms with Crippen molar-refractivity contribution in [2.45, 2.75) is 0 Å². The molecule has 5 rings (SSSR count). The maximum absolute atomic E-state index is 13.0. The van der Waals surface area contributed by atoms with Gasteiger partial charge in [0.15, 0.2) is 5.78 Å². The third-order valence-electron chi connectivity index (χ3n) is 4.29. The van der Waals surface area contributed by atoms with Gasteiger partial charge in [0, 0.05) is 52.4 Å². The van der Waals surface area contributed by atoms with Crippen LogP contribution in [0.5, 0.6) is 0 Å². The number of nitrogens with one attached hydrogen (secondary N) is 1. The molecule has 0 bridgehead atoms. The minimum absolute atomic E-state index is 0.0729. The summed E-state index contributed by atoms with van der Waals surface area (Å²) >= 11 is 1.14. The van der Waals surface area contributed by atoms with Crippen molar-refractivity contribution in [1.29, 1.82) is 0 Å². The molecular weight excluding hydrogens is 346 g/mol. The molecule has 0 aliphatic carbocycles. The number of carbonyl (C=O) groups excluding carboxylic acids is 1. The lowest BCUT2D eigenvalue weighted by Gasteiger charge is -2.03. The maximum Gasteiger partial charge on any atom is 0.195 e. The van der Waals surface area contributed by atoms with E-state index in [-0.39, 0.29) is 5.78 Å². The highest BCUT2D eigenvalue weighted by molar-refractivity contribution is 7.00. The number of rotatable bonds is 3. The summed E-state index contributed by atoms with van der Waals surface area (Å²) in [6.07, 6.45) is 6.98. The molecule has 4 heterocycles. The number of aromatic amines is 1. The van der Waals surface area contributed by atoms with Gasteiger partial charge in [-0.25, -0.2) is 4.98 Å². The molecule has 5 aromatic rings. The second-order valence-electron chi connectivity index (χ2n) is 5.86. The zero-order valence-electron chi connectivity index (χ0n) is 13.4. The molecule has 124 valence electrons. The first-order valence-electron chi connectivity index (χ1n) is 7.94. The quantitative estimate of drug-likeness (QED) is 0.496. The Morgan fingerprint density at radius 3 is 2.81 bits per heavy atom. The van der Waals surface area contributed by atoms with Crippen molar-refractivity contribution < 1.29 is 4.79 Å². The van der Waals surface area contributed by atoms with Crippen molar-refractivity contribution in [2.75, 3.05) is 0 Å². The van der Waals surface area contributed by atoms with Crippen LogP contribution in [0.3, 0.4) is 0 Å². The van der Waals surface area contributed by atoms with Crippen LogP contribution < -0.4 is 0 Å². The van der Waals surface area contributed by atoms with Gasteiger partial charge >= 0.3 is 0 Å². The highest BCUT2D eigenvalue weighted by atomic mass is 32.1. The summed E-state index contributed by atoms with van der Waals surface area (Å²) in [5.74, 6) is -0.0729. The summed E-state index contributed by atoms with van der Waals surface area (Å²) in [5, 5.41) is 0.785. The van der Waals surface area contributed by atoms with E-state index in [0.29, 0.717) is 16.8 Å². The standard InChI is InChI=1S/C19H11N5OS/c25-18(11-3-4-16-17(7-11)24-26-23-16)15-10-22-19-14(15)6-13(9-21-19)12-2-1-5-20-8-12/h1-10H,(H,21,22). The van der Waals surface area contributed by atoms with E-state index >= 15 is 0 Å². The fourth-order valence-electron chi connectivity index (χ4n) is 2.96. The molecule has 0 atom stereocenters. The van der Waals surface area contributed by atoms with Gasteiger partial charge in [-0.05, 0) is 30.3 Å². The van der Waals surface area contributed by atoms with Crippen molar-refractivity contribution in [3.05, 3.63) is 72.3 Å². The molecule has 0 aliphatic rings. The van der Waals surface area contributed by atoms with E-state index < -0.39 is 0 Å². The molecule has 0 radical (unpaired) electrons. The number of aromatic nitrogens is 5.